The zero-order valence-corrected chi connectivity index (χ0v) is 9.92. The van der Waals surface area contributed by atoms with E-state index < -0.39 is 0 Å². The molecule has 1 atom stereocenters. The Balaban J connectivity index is 1.84. The summed E-state index contributed by atoms with van der Waals surface area (Å²) >= 11 is 0. The van der Waals surface area contributed by atoms with Crippen LogP contribution in [0.4, 0.5) is 4.39 Å². The quantitative estimate of drug-likeness (QED) is 0.813. The molecule has 2 rings (SSSR count). The second-order valence-corrected chi connectivity index (χ2v) is 4.62. The SMILES string of the molecule is O=C(CCC1CCCCN1)c1cccc(F)c1. The van der Waals surface area contributed by atoms with Gasteiger partial charge in [0.25, 0.3) is 0 Å². The summed E-state index contributed by atoms with van der Waals surface area (Å²) in [5.74, 6) is -0.302. The fraction of sp³-hybridized carbons (Fsp3) is 0.500. The van der Waals surface area contributed by atoms with Crippen molar-refractivity contribution in [2.75, 3.05) is 6.54 Å². The molecule has 1 aliphatic rings. The highest BCUT2D eigenvalue weighted by Gasteiger charge is 2.14. The number of carbonyl (C=O) groups is 1. The molecule has 0 bridgehead atoms. The monoisotopic (exact) mass is 235 g/mol. The third kappa shape index (κ3) is 3.63. The summed E-state index contributed by atoms with van der Waals surface area (Å²) in [6.07, 6.45) is 4.98. The lowest BCUT2D eigenvalue weighted by atomic mass is 9.97. The molecule has 92 valence electrons. The van der Waals surface area contributed by atoms with E-state index in [2.05, 4.69) is 5.32 Å². The lowest BCUT2D eigenvalue weighted by molar-refractivity contribution is 0.0974. The van der Waals surface area contributed by atoms with Gasteiger partial charge in [0.05, 0.1) is 0 Å². The third-order valence-corrected chi connectivity index (χ3v) is 3.28. The Morgan fingerprint density at radius 2 is 2.29 bits per heavy atom. The molecule has 17 heavy (non-hydrogen) atoms. The van der Waals surface area contributed by atoms with E-state index in [-0.39, 0.29) is 11.6 Å². The second-order valence-electron chi connectivity index (χ2n) is 4.62. The first-order chi connectivity index (χ1) is 8.25. The highest BCUT2D eigenvalue weighted by atomic mass is 19.1. The van der Waals surface area contributed by atoms with Crippen LogP contribution in [-0.2, 0) is 0 Å². The Kier molecular flexibility index (Phi) is 4.26. The summed E-state index contributed by atoms with van der Waals surface area (Å²) in [6.45, 7) is 1.05. The number of piperidine rings is 1. The van der Waals surface area contributed by atoms with E-state index >= 15 is 0 Å². The lowest BCUT2D eigenvalue weighted by Crippen LogP contribution is -2.34. The third-order valence-electron chi connectivity index (χ3n) is 3.28. The van der Waals surface area contributed by atoms with Crippen LogP contribution >= 0.6 is 0 Å². The predicted octanol–water partition coefficient (Wildman–Crippen LogP) is 2.93. The molecule has 0 amide bonds. The van der Waals surface area contributed by atoms with Crippen molar-refractivity contribution in [2.45, 2.75) is 38.1 Å². The first-order valence-electron chi connectivity index (χ1n) is 6.28. The zero-order chi connectivity index (χ0) is 12.1. The molecule has 1 aliphatic heterocycles. The van der Waals surface area contributed by atoms with Crippen LogP contribution in [-0.4, -0.2) is 18.4 Å². The maximum Gasteiger partial charge on any atom is 0.163 e. The molecule has 1 fully saturated rings. The molecule has 0 aromatic heterocycles. The number of carbonyl (C=O) groups excluding carboxylic acids is 1. The van der Waals surface area contributed by atoms with Gasteiger partial charge >= 0.3 is 0 Å². The zero-order valence-electron chi connectivity index (χ0n) is 9.92. The summed E-state index contributed by atoms with van der Waals surface area (Å²) in [5.41, 5.74) is 0.487. The van der Waals surface area contributed by atoms with Crippen molar-refractivity contribution in [3.8, 4) is 0 Å². The number of hydrogen-bond acceptors (Lipinski definition) is 2. The van der Waals surface area contributed by atoms with Crippen LogP contribution in [0.5, 0.6) is 0 Å². The summed E-state index contributed by atoms with van der Waals surface area (Å²) in [5, 5.41) is 3.41. The Bertz CT molecular complexity index is 386. The molecular weight excluding hydrogens is 217 g/mol. The average Bonchev–Trinajstić information content (AvgIpc) is 2.37. The minimum atomic E-state index is -0.341. The number of halogens is 1. The van der Waals surface area contributed by atoms with Crippen LogP contribution in [0.15, 0.2) is 24.3 Å². The van der Waals surface area contributed by atoms with Gasteiger partial charge in [0, 0.05) is 18.0 Å². The molecule has 0 saturated carbocycles. The molecule has 1 aromatic carbocycles. The lowest BCUT2D eigenvalue weighted by Gasteiger charge is -2.22. The Morgan fingerprint density at radius 1 is 1.41 bits per heavy atom. The smallest absolute Gasteiger partial charge is 0.163 e. The molecule has 1 saturated heterocycles. The number of nitrogens with one attached hydrogen (secondary N) is 1. The van der Waals surface area contributed by atoms with Gasteiger partial charge in [0.1, 0.15) is 5.82 Å². The van der Waals surface area contributed by atoms with Crippen molar-refractivity contribution in [3.63, 3.8) is 0 Å². The molecule has 1 heterocycles. The number of Topliss-reactive ketones (excluding diaryl/α,β-unsaturated/α-hetero) is 1. The average molecular weight is 235 g/mol. The van der Waals surface area contributed by atoms with Gasteiger partial charge in [0.2, 0.25) is 0 Å². The summed E-state index contributed by atoms with van der Waals surface area (Å²) in [7, 11) is 0. The normalized spacial score (nSPS) is 20.2. The van der Waals surface area contributed by atoms with Gasteiger partial charge in [-0.2, -0.15) is 0 Å². The van der Waals surface area contributed by atoms with Gasteiger partial charge < -0.3 is 5.32 Å². The van der Waals surface area contributed by atoms with Crippen molar-refractivity contribution in [2.24, 2.45) is 0 Å². The standard InChI is InChI=1S/C14H18FNO/c15-12-5-3-4-11(10-12)14(17)8-7-13-6-1-2-9-16-13/h3-5,10,13,16H,1-2,6-9H2. The number of ketones is 1. The summed E-state index contributed by atoms with van der Waals surface area (Å²) < 4.78 is 13.0. The largest absolute Gasteiger partial charge is 0.314 e. The molecule has 0 spiro atoms. The molecule has 1 N–H and O–H groups in total. The first kappa shape index (κ1) is 12.2. The molecular formula is C14H18FNO. The van der Waals surface area contributed by atoms with Crippen molar-refractivity contribution in [1.82, 2.24) is 5.32 Å². The topological polar surface area (TPSA) is 29.1 Å². The van der Waals surface area contributed by atoms with E-state index in [1.807, 2.05) is 0 Å². The maximum atomic E-state index is 13.0. The van der Waals surface area contributed by atoms with E-state index in [4.69, 9.17) is 0 Å². The van der Waals surface area contributed by atoms with Crippen LogP contribution in [0.1, 0.15) is 42.5 Å². The van der Waals surface area contributed by atoms with E-state index in [0.717, 1.165) is 19.4 Å². The number of rotatable bonds is 4. The predicted molar refractivity (Wildman–Crippen MR) is 65.6 cm³/mol. The first-order valence-corrected chi connectivity index (χ1v) is 6.28. The Labute approximate surface area is 101 Å². The van der Waals surface area contributed by atoms with E-state index in [1.165, 1.54) is 25.0 Å². The van der Waals surface area contributed by atoms with Crippen LogP contribution < -0.4 is 5.32 Å². The van der Waals surface area contributed by atoms with Crippen LogP contribution in [0.3, 0.4) is 0 Å². The van der Waals surface area contributed by atoms with Gasteiger partial charge in [-0.25, -0.2) is 4.39 Å². The fourth-order valence-corrected chi connectivity index (χ4v) is 2.28. The molecule has 3 heteroatoms. The highest BCUT2D eigenvalue weighted by Crippen LogP contribution is 2.14. The van der Waals surface area contributed by atoms with Gasteiger partial charge in [-0.15, -0.1) is 0 Å². The fourth-order valence-electron chi connectivity index (χ4n) is 2.28. The second kappa shape index (κ2) is 5.92. The van der Waals surface area contributed by atoms with Crippen molar-refractivity contribution in [3.05, 3.63) is 35.6 Å². The number of benzene rings is 1. The van der Waals surface area contributed by atoms with Gasteiger partial charge in [-0.1, -0.05) is 18.6 Å². The van der Waals surface area contributed by atoms with Gasteiger partial charge in [-0.3, -0.25) is 4.79 Å². The molecule has 0 radical (unpaired) electrons. The van der Waals surface area contributed by atoms with Crippen LogP contribution in [0.25, 0.3) is 0 Å². The molecule has 1 unspecified atom stereocenters. The van der Waals surface area contributed by atoms with Crippen molar-refractivity contribution in [1.29, 1.82) is 0 Å². The van der Waals surface area contributed by atoms with Crippen LogP contribution in [0.2, 0.25) is 0 Å². The highest BCUT2D eigenvalue weighted by molar-refractivity contribution is 5.96. The van der Waals surface area contributed by atoms with Gasteiger partial charge in [-0.05, 0) is 37.9 Å². The molecule has 1 aromatic rings. The molecule has 0 aliphatic carbocycles. The minimum absolute atomic E-state index is 0.0388. The van der Waals surface area contributed by atoms with Crippen molar-refractivity contribution >= 4 is 5.78 Å². The minimum Gasteiger partial charge on any atom is -0.314 e. The van der Waals surface area contributed by atoms with E-state index in [9.17, 15) is 9.18 Å². The Morgan fingerprint density at radius 3 is 3.00 bits per heavy atom. The van der Waals surface area contributed by atoms with E-state index in [0.29, 0.717) is 18.0 Å². The Hall–Kier alpha value is -1.22. The molecule has 2 nitrogen and oxygen atoms in total. The van der Waals surface area contributed by atoms with Crippen LogP contribution in [0, 0.1) is 5.82 Å². The number of hydrogen-bond donors (Lipinski definition) is 1. The van der Waals surface area contributed by atoms with Gasteiger partial charge in [0.15, 0.2) is 5.78 Å². The van der Waals surface area contributed by atoms with E-state index in [1.54, 1.807) is 12.1 Å². The maximum absolute atomic E-state index is 13.0. The summed E-state index contributed by atoms with van der Waals surface area (Å²) in [4.78, 5) is 11.8. The summed E-state index contributed by atoms with van der Waals surface area (Å²) in [6, 6.07) is 6.40. The van der Waals surface area contributed by atoms with Crippen molar-refractivity contribution < 1.29 is 9.18 Å².